The number of anilines is 4. The van der Waals surface area contributed by atoms with Crippen molar-refractivity contribution in [3.8, 4) is 5.75 Å². The number of halogens is 1. The Morgan fingerprint density at radius 1 is 1.04 bits per heavy atom. The first-order chi connectivity index (χ1) is 22.1. The topological polar surface area (TPSA) is 137 Å². The summed E-state index contributed by atoms with van der Waals surface area (Å²) >= 11 is 6.51. The first kappa shape index (κ1) is 29.8. The summed E-state index contributed by atoms with van der Waals surface area (Å²) in [6, 6.07) is 15.9. The predicted molar refractivity (Wildman–Crippen MR) is 180 cm³/mol. The number of carbonyl (C=O) groups is 2. The standard InChI is InChI=1S/C34H35ClN8O3/c1-18-17-43(34-36-16-26(35)32(40-34)38-21-5-7-23-19(2)29(44)10-4-20(23)14-21)13-12-27(18)37-22-6-8-24-28(15-22)42(3)41-31(24)25-9-11-30(45)39-33(25)46/h4-8,10,14-16,18,25,27,37,44H,9,11-13,17H2,1-3H3,(H,36,38,40)(H,39,45,46)/t18-,25?,27-/m1/s1. The van der Waals surface area contributed by atoms with Gasteiger partial charge in [0.1, 0.15) is 10.8 Å². The highest BCUT2D eigenvalue weighted by Gasteiger charge is 2.32. The number of aromatic hydroxyl groups is 1. The van der Waals surface area contributed by atoms with Gasteiger partial charge >= 0.3 is 0 Å². The second-order valence-electron chi connectivity index (χ2n) is 12.3. The molecule has 7 rings (SSSR count). The maximum atomic E-state index is 12.5. The van der Waals surface area contributed by atoms with E-state index in [1.807, 2.05) is 50.4 Å². The van der Waals surface area contributed by atoms with Gasteiger partial charge in [0, 0.05) is 49.4 Å². The minimum absolute atomic E-state index is 0.230. The molecule has 2 amide bonds. The highest BCUT2D eigenvalue weighted by Crippen LogP contribution is 2.34. The van der Waals surface area contributed by atoms with Gasteiger partial charge in [-0.1, -0.05) is 30.7 Å². The van der Waals surface area contributed by atoms with Gasteiger partial charge in [0.25, 0.3) is 0 Å². The fourth-order valence-electron chi connectivity index (χ4n) is 6.63. The zero-order chi connectivity index (χ0) is 32.1. The number of phenols is 1. The van der Waals surface area contributed by atoms with Gasteiger partial charge in [-0.15, -0.1) is 0 Å². The lowest BCUT2D eigenvalue weighted by Crippen LogP contribution is -2.46. The number of carbonyl (C=O) groups excluding carboxylic acids is 2. The molecule has 0 bridgehead atoms. The summed E-state index contributed by atoms with van der Waals surface area (Å²) in [4.78, 5) is 35.7. The fourth-order valence-corrected chi connectivity index (χ4v) is 6.77. The van der Waals surface area contributed by atoms with Crippen LogP contribution in [0.4, 0.5) is 23.1 Å². The number of nitrogens with one attached hydrogen (secondary N) is 3. The van der Waals surface area contributed by atoms with Crippen LogP contribution in [0.2, 0.25) is 5.02 Å². The van der Waals surface area contributed by atoms with Crippen LogP contribution in [-0.4, -0.2) is 55.8 Å². The Morgan fingerprint density at radius 3 is 2.65 bits per heavy atom. The van der Waals surface area contributed by atoms with Crippen molar-refractivity contribution in [2.45, 2.75) is 45.1 Å². The van der Waals surface area contributed by atoms with Crippen LogP contribution in [0.1, 0.15) is 43.4 Å². The molecule has 0 radical (unpaired) electrons. The van der Waals surface area contributed by atoms with Gasteiger partial charge in [-0.05, 0) is 78.4 Å². The van der Waals surface area contributed by atoms with Crippen molar-refractivity contribution in [2.24, 2.45) is 13.0 Å². The largest absolute Gasteiger partial charge is 0.508 e. The van der Waals surface area contributed by atoms with Crippen LogP contribution in [0.3, 0.4) is 0 Å². The van der Waals surface area contributed by atoms with Crippen LogP contribution in [0.25, 0.3) is 21.7 Å². The quantitative estimate of drug-likeness (QED) is 0.171. The number of hydrogen-bond acceptors (Lipinski definition) is 9. The Morgan fingerprint density at radius 2 is 1.85 bits per heavy atom. The van der Waals surface area contributed by atoms with Crippen molar-refractivity contribution in [2.75, 3.05) is 28.6 Å². The molecule has 3 atom stereocenters. The number of amides is 2. The molecule has 2 aromatic heterocycles. The third-order valence-corrected chi connectivity index (χ3v) is 9.52. The van der Waals surface area contributed by atoms with Crippen molar-refractivity contribution in [1.82, 2.24) is 25.1 Å². The number of fused-ring (bicyclic) bond motifs is 2. The van der Waals surface area contributed by atoms with E-state index in [4.69, 9.17) is 16.6 Å². The van der Waals surface area contributed by atoms with Gasteiger partial charge < -0.3 is 20.6 Å². The van der Waals surface area contributed by atoms with E-state index >= 15 is 0 Å². The third kappa shape index (κ3) is 5.55. The van der Waals surface area contributed by atoms with E-state index < -0.39 is 5.92 Å². The van der Waals surface area contributed by atoms with E-state index in [0.29, 0.717) is 41.2 Å². The lowest BCUT2D eigenvalue weighted by atomic mass is 9.92. The number of rotatable bonds is 6. The Bertz CT molecular complexity index is 2010. The summed E-state index contributed by atoms with van der Waals surface area (Å²) in [5.41, 5.74) is 4.32. The lowest BCUT2D eigenvalue weighted by molar-refractivity contribution is -0.134. The Labute approximate surface area is 271 Å². The molecule has 236 valence electrons. The molecule has 4 N–H and O–H groups in total. The van der Waals surface area contributed by atoms with Crippen molar-refractivity contribution in [3.05, 3.63) is 71.0 Å². The van der Waals surface area contributed by atoms with Crippen molar-refractivity contribution >= 4 is 68.2 Å². The molecule has 2 aliphatic heterocycles. The van der Waals surface area contributed by atoms with Crippen LogP contribution >= 0.6 is 11.6 Å². The molecule has 5 aromatic rings. The maximum absolute atomic E-state index is 12.5. The van der Waals surface area contributed by atoms with Crippen LogP contribution in [0, 0.1) is 12.8 Å². The summed E-state index contributed by atoms with van der Waals surface area (Å²) in [6.45, 7) is 5.66. The van der Waals surface area contributed by atoms with Crippen LogP contribution in [0.5, 0.6) is 5.75 Å². The molecular formula is C34H35ClN8O3. The van der Waals surface area contributed by atoms with Crippen LogP contribution < -0.4 is 20.9 Å². The number of piperidine rings is 2. The maximum Gasteiger partial charge on any atom is 0.235 e. The average molecular weight is 639 g/mol. The average Bonchev–Trinajstić information content (AvgIpc) is 3.36. The normalized spacial score (nSPS) is 20.3. The van der Waals surface area contributed by atoms with Crippen molar-refractivity contribution in [3.63, 3.8) is 0 Å². The molecular weight excluding hydrogens is 604 g/mol. The molecule has 3 aromatic carbocycles. The van der Waals surface area contributed by atoms with E-state index in [9.17, 15) is 14.7 Å². The van der Waals surface area contributed by atoms with Gasteiger partial charge in [0.15, 0.2) is 5.82 Å². The molecule has 12 heteroatoms. The minimum Gasteiger partial charge on any atom is -0.508 e. The monoisotopic (exact) mass is 638 g/mol. The molecule has 2 saturated heterocycles. The van der Waals surface area contributed by atoms with Gasteiger partial charge in [-0.2, -0.15) is 10.1 Å². The Hall–Kier alpha value is -4.90. The first-order valence-corrected chi connectivity index (χ1v) is 15.9. The molecule has 0 saturated carbocycles. The second kappa shape index (κ2) is 11.8. The molecule has 1 unspecified atom stereocenters. The van der Waals surface area contributed by atoms with Crippen molar-refractivity contribution in [1.29, 1.82) is 0 Å². The number of imide groups is 1. The summed E-state index contributed by atoms with van der Waals surface area (Å²) in [5.74, 6) is 0.796. The highest BCUT2D eigenvalue weighted by atomic mass is 35.5. The van der Waals surface area contributed by atoms with E-state index in [0.717, 1.165) is 58.1 Å². The highest BCUT2D eigenvalue weighted by molar-refractivity contribution is 6.33. The van der Waals surface area contributed by atoms with E-state index in [1.165, 1.54) is 0 Å². The number of aromatic nitrogens is 4. The van der Waals surface area contributed by atoms with Gasteiger partial charge in [0.05, 0.1) is 23.3 Å². The minimum atomic E-state index is -0.428. The van der Waals surface area contributed by atoms with Crippen molar-refractivity contribution < 1.29 is 14.7 Å². The van der Waals surface area contributed by atoms with Crippen LogP contribution in [0.15, 0.2) is 54.7 Å². The molecule has 2 fully saturated rings. The zero-order valence-corrected chi connectivity index (χ0v) is 26.6. The number of benzene rings is 3. The molecule has 2 aliphatic rings. The van der Waals surface area contributed by atoms with Gasteiger partial charge in [0.2, 0.25) is 17.8 Å². The SMILES string of the molecule is Cc1c(O)ccc2cc(Nc3nc(N4CC[C@@H](Nc5ccc6c(C7CCC(=O)NC7=O)nn(C)c6c5)[C@H](C)C4)ncc3Cl)ccc12. The first-order valence-electron chi connectivity index (χ1n) is 15.5. The number of nitrogens with zero attached hydrogens (tertiary/aromatic N) is 5. The number of hydrogen-bond donors (Lipinski definition) is 4. The summed E-state index contributed by atoms with van der Waals surface area (Å²) < 4.78 is 1.80. The number of phenolic OH excluding ortho intramolecular Hbond substituents is 1. The molecule has 0 spiro atoms. The van der Waals surface area contributed by atoms with E-state index in [2.05, 4.69) is 43.9 Å². The summed E-state index contributed by atoms with van der Waals surface area (Å²) in [5, 5.41) is 27.6. The Balaban J connectivity index is 1.03. The van der Waals surface area contributed by atoms with E-state index in [1.54, 1.807) is 16.9 Å². The number of aryl methyl sites for hydroxylation is 2. The molecule has 11 nitrogen and oxygen atoms in total. The van der Waals surface area contributed by atoms with E-state index in [-0.39, 0.29) is 23.6 Å². The molecule has 0 aliphatic carbocycles. The zero-order valence-electron chi connectivity index (χ0n) is 25.8. The molecule has 46 heavy (non-hydrogen) atoms. The molecule has 4 heterocycles. The lowest BCUT2D eigenvalue weighted by Gasteiger charge is -2.37. The summed E-state index contributed by atoms with van der Waals surface area (Å²) in [6.07, 6.45) is 3.31. The Kier molecular flexibility index (Phi) is 7.64. The van der Waals surface area contributed by atoms with Crippen LogP contribution in [-0.2, 0) is 16.6 Å². The smallest absolute Gasteiger partial charge is 0.235 e. The fraction of sp³-hybridized carbons (Fsp3) is 0.324. The second-order valence-corrected chi connectivity index (χ2v) is 12.8. The van der Waals surface area contributed by atoms with Gasteiger partial charge in [-0.3, -0.25) is 19.6 Å². The van der Waals surface area contributed by atoms with Gasteiger partial charge in [-0.25, -0.2) is 4.98 Å². The summed E-state index contributed by atoms with van der Waals surface area (Å²) in [7, 11) is 1.88. The predicted octanol–water partition coefficient (Wildman–Crippen LogP) is 5.77. The third-order valence-electron chi connectivity index (χ3n) is 9.24.